The van der Waals surface area contributed by atoms with Gasteiger partial charge in [0.25, 0.3) is 0 Å². The van der Waals surface area contributed by atoms with Crippen LogP contribution in [0.1, 0.15) is 28.2 Å². The average Bonchev–Trinajstić information content (AvgIpc) is 3.01. The van der Waals surface area contributed by atoms with E-state index in [9.17, 15) is 18.4 Å². The number of esters is 1. The van der Waals surface area contributed by atoms with Crippen LogP contribution < -0.4 is 0 Å². The predicted molar refractivity (Wildman–Crippen MR) is 89.3 cm³/mol. The highest BCUT2D eigenvalue weighted by Crippen LogP contribution is 2.22. The number of para-hydroxylation sites is 1. The number of benzene rings is 2. The maximum atomic E-state index is 13.5. The minimum atomic E-state index is -0.937. The molecule has 0 fully saturated rings. The number of Topliss-reactive ketones (excluding diaryl/α,β-unsaturated/α-hetero) is 1. The summed E-state index contributed by atoms with van der Waals surface area (Å²) in [5.74, 6) is -2.85. The molecule has 0 aliphatic rings. The molecule has 0 N–H and O–H groups in total. The van der Waals surface area contributed by atoms with E-state index in [4.69, 9.17) is 4.74 Å². The van der Waals surface area contributed by atoms with Crippen LogP contribution in [-0.2, 0) is 16.1 Å². The fraction of sp³-hybridized carbons (Fsp3) is 0.167. The zero-order valence-electron chi connectivity index (χ0n) is 13.0. The number of hydrogen-bond donors (Lipinski definition) is 0. The Kier molecular flexibility index (Phi) is 5.14. The van der Waals surface area contributed by atoms with Gasteiger partial charge in [-0.1, -0.05) is 12.1 Å². The minimum Gasteiger partial charge on any atom is -0.458 e. The van der Waals surface area contributed by atoms with Crippen LogP contribution in [0.15, 0.2) is 42.5 Å². The first kappa shape index (κ1) is 17.2. The Morgan fingerprint density at radius 1 is 1.08 bits per heavy atom. The smallest absolute Gasteiger partial charge is 0.306 e. The largest absolute Gasteiger partial charge is 0.458 e. The lowest BCUT2D eigenvalue weighted by atomic mass is 10.1. The quantitative estimate of drug-likeness (QED) is 0.486. The summed E-state index contributed by atoms with van der Waals surface area (Å²) >= 11 is 1.42. The molecule has 0 aliphatic carbocycles. The van der Waals surface area contributed by atoms with Crippen LogP contribution in [0.4, 0.5) is 8.78 Å². The second kappa shape index (κ2) is 7.48. The van der Waals surface area contributed by atoms with Crippen molar-refractivity contribution in [3.8, 4) is 0 Å². The number of thiazole rings is 1. The fourth-order valence-corrected chi connectivity index (χ4v) is 3.14. The van der Waals surface area contributed by atoms with E-state index in [1.54, 1.807) is 0 Å². The highest BCUT2D eigenvalue weighted by molar-refractivity contribution is 7.18. The topological polar surface area (TPSA) is 56.3 Å². The Hall–Kier alpha value is -2.67. The molecule has 0 amide bonds. The van der Waals surface area contributed by atoms with E-state index < -0.39 is 23.4 Å². The molecule has 0 spiro atoms. The number of ether oxygens (including phenoxy) is 1. The summed E-state index contributed by atoms with van der Waals surface area (Å²) in [6.07, 6.45) is -0.387. The van der Waals surface area contributed by atoms with Crippen LogP contribution in [0, 0.1) is 11.6 Å². The molecular weight excluding hydrogens is 348 g/mol. The number of ketones is 1. The normalized spacial score (nSPS) is 10.8. The Balaban J connectivity index is 1.51. The summed E-state index contributed by atoms with van der Waals surface area (Å²) in [4.78, 5) is 28.0. The van der Waals surface area contributed by atoms with Crippen molar-refractivity contribution in [3.05, 3.63) is 64.7 Å². The molecule has 2 aromatic carbocycles. The first-order valence-electron chi connectivity index (χ1n) is 7.51. The standard InChI is InChI=1S/C18H13F2NO3S/c19-11-5-6-12(13(20)9-11)15(22)7-8-18(23)24-10-17-21-14-3-1-2-4-16(14)25-17/h1-6,9H,7-8,10H2. The van der Waals surface area contributed by atoms with Crippen LogP contribution in [-0.4, -0.2) is 16.7 Å². The molecule has 1 aromatic heterocycles. The van der Waals surface area contributed by atoms with Crippen LogP contribution in [0.5, 0.6) is 0 Å². The third-order valence-electron chi connectivity index (χ3n) is 3.48. The van der Waals surface area contributed by atoms with Crippen molar-refractivity contribution in [1.82, 2.24) is 4.98 Å². The van der Waals surface area contributed by atoms with Gasteiger partial charge in [0.05, 0.1) is 22.2 Å². The van der Waals surface area contributed by atoms with Crippen LogP contribution >= 0.6 is 11.3 Å². The van der Waals surface area contributed by atoms with Crippen molar-refractivity contribution in [3.63, 3.8) is 0 Å². The summed E-state index contributed by atoms with van der Waals surface area (Å²) in [7, 11) is 0. The van der Waals surface area contributed by atoms with Crippen molar-refractivity contribution in [2.45, 2.75) is 19.4 Å². The minimum absolute atomic E-state index is 0.0251. The number of rotatable bonds is 6. The molecule has 3 aromatic rings. The van der Waals surface area contributed by atoms with Crippen LogP contribution in [0.25, 0.3) is 10.2 Å². The van der Waals surface area contributed by atoms with Crippen molar-refractivity contribution >= 4 is 33.3 Å². The Morgan fingerprint density at radius 2 is 1.88 bits per heavy atom. The van der Waals surface area contributed by atoms with Gasteiger partial charge < -0.3 is 4.74 Å². The highest BCUT2D eigenvalue weighted by Gasteiger charge is 2.15. The highest BCUT2D eigenvalue weighted by atomic mass is 32.1. The molecule has 4 nitrogen and oxygen atoms in total. The molecule has 1 heterocycles. The molecule has 0 saturated carbocycles. The van der Waals surface area contributed by atoms with Gasteiger partial charge in [0.1, 0.15) is 23.2 Å². The molecule has 3 rings (SSSR count). The predicted octanol–water partition coefficient (Wildman–Crippen LogP) is 4.28. The number of fused-ring (bicyclic) bond motifs is 1. The Labute approximate surface area is 146 Å². The molecule has 25 heavy (non-hydrogen) atoms. The molecule has 0 radical (unpaired) electrons. The lowest BCUT2D eigenvalue weighted by Gasteiger charge is -2.04. The summed E-state index contributed by atoms with van der Waals surface area (Å²) in [5.41, 5.74) is 0.598. The molecule has 0 atom stereocenters. The fourth-order valence-electron chi connectivity index (χ4n) is 2.26. The van der Waals surface area contributed by atoms with E-state index >= 15 is 0 Å². The average molecular weight is 361 g/mol. The second-order valence-electron chi connectivity index (χ2n) is 5.28. The van der Waals surface area contributed by atoms with Crippen molar-refractivity contribution < 1.29 is 23.1 Å². The Bertz CT molecular complexity index is 906. The molecular formula is C18H13F2NO3S. The first-order chi connectivity index (χ1) is 12.0. The van der Waals surface area contributed by atoms with Gasteiger partial charge in [-0.3, -0.25) is 9.59 Å². The Morgan fingerprint density at radius 3 is 2.64 bits per heavy atom. The lowest BCUT2D eigenvalue weighted by Crippen LogP contribution is -2.09. The monoisotopic (exact) mass is 361 g/mol. The van der Waals surface area contributed by atoms with Gasteiger partial charge in [0.2, 0.25) is 0 Å². The molecule has 0 saturated heterocycles. The van der Waals surface area contributed by atoms with Gasteiger partial charge in [0.15, 0.2) is 5.78 Å². The van der Waals surface area contributed by atoms with E-state index in [1.165, 1.54) is 11.3 Å². The third-order valence-corrected chi connectivity index (χ3v) is 4.49. The first-order valence-corrected chi connectivity index (χ1v) is 8.33. The third kappa shape index (κ3) is 4.24. The van der Waals surface area contributed by atoms with Crippen molar-refractivity contribution in [2.24, 2.45) is 0 Å². The summed E-state index contributed by atoms with van der Waals surface area (Å²) in [5, 5.41) is 0.658. The summed E-state index contributed by atoms with van der Waals surface area (Å²) in [6, 6.07) is 10.3. The lowest BCUT2D eigenvalue weighted by molar-refractivity contribution is -0.144. The second-order valence-corrected chi connectivity index (χ2v) is 6.40. The molecule has 0 unspecified atom stereocenters. The molecule has 7 heteroatoms. The van der Waals surface area contributed by atoms with Crippen molar-refractivity contribution in [2.75, 3.05) is 0 Å². The molecule has 0 bridgehead atoms. The van der Waals surface area contributed by atoms with Gasteiger partial charge in [0, 0.05) is 12.5 Å². The maximum absolute atomic E-state index is 13.5. The van der Waals surface area contributed by atoms with E-state index in [-0.39, 0.29) is 25.0 Å². The zero-order valence-corrected chi connectivity index (χ0v) is 13.8. The van der Waals surface area contributed by atoms with Gasteiger partial charge in [-0.15, -0.1) is 11.3 Å². The van der Waals surface area contributed by atoms with E-state index in [0.29, 0.717) is 11.1 Å². The van der Waals surface area contributed by atoms with E-state index in [0.717, 1.165) is 22.3 Å². The number of nitrogens with zero attached hydrogens (tertiary/aromatic N) is 1. The number of carbonyl (C=O) groups excluding carboxylic acids is 2. The van der Waals surface area contributed by atoms with Crippen molar-refractivity contribution in [1.29, 1.82) is 0 Å². The molecule has 0 aliphatic heterocycles. The van der Waals surface area contributed by atoms with Crippen LogP contribution in [0.2, 0.25) is 0 Å². The zero-order chi connectivity index (χ0) is 17.8. The summed E-state index contributed by atoms with van der Waals surface area (Å²) < 4.78 is 32.4. The van der Waals surface area contributed by atoms with Gasteiger partial charge in [-0.05, 0) is 24.3 Å². The SMILES string of the molecule is O=C(CCC(=O)c1ccc(F)cc1F)OCc1nc2ccccc2s1. The van der Waals surface area contributed by atoms with Gasteiger partial charge in [-0.25, -0.2) is 13.8 Å². The molecule has 128 valence electrons. The van der Waals surface area contributed by atoms with E-state index in [2.05, 4.69) is 4.98 Å². The van der Waals surface area contributed by atoms with Gasteiger partial charge in [-0.2, -0.15) is 0 Å². The summed E-state index contributed by atoms with van der Waals surface area (Å²) in [6.45, 7) is 0.0251. The number of carbonyl (C=O) groups is 2. The number of aromatic nitrogens is 1. The van der Waals surface area contributed by atoms with Gasteiger partial charge >= 0.3 is 5.97 Å². The van der Waals surface area contributed by atoms with E-state index in [1.807, 2.05) is 24.3 Å². The van der Waals surface area contributed by atoms with Crippen LogP contribution in [0.3, 0.4) is 0 Å². The number of hydrogen-bond acceptors (Lipinski definition) is 5. The maximum Gasteiger partial charge on any atom is 0.306 e. The number of halogens is 2.